The molecule has 0 bridgehead atoms. The maximum Gasteiger partial charge on any atom is 0.234 e. The van der Waals surface area contributed by atoms with E-state index in [4.69, 9.17) is 27.4 Å². The maximum absolute atomic E-state index is 12.4. The fourth-order valence-electron chi connectivity index (χ4n) is 2.40. The molecule has 21 heavy (non-hydrogen) atoms. The van der Waals surface area contributed by atoms with Crippen LogP contribution < -0.4 is 11.1 Å². The largest absolute Gasteiger partial charge is 0.392 e. The number of thiocarbonyl (C=S) groups is 1. The van der Waals surface area contributed by atoms with E-state index in [1.807, 2.05) is 30.3 Å². The molecule has 0 spiro atoms. The molecule has 0 radical (unpaired) electrons. The van der Waals surface area contributed by atoms with Gasteiger partial charge in [-0.1, -0.05) is 42.5 Å². The average molecular weight is 308 g/mol. The van der Waals surface area contributed by atoms with Gasteiger partial charge in [0.2, 0.25) is 5.91 Å². The van der Waals surface area contributed by atoms with Crippen molar-refractivity contribution in [1.82, 2.24) is 5.32 Å². The first kappa shape index (κ1) is 15.9. The Kier molecular flexibility index (Phi) is 5.27. The summed E-state index contributed by atoms with van der Waals surface area (Å²) in [6, 6.07) is 9.28. The van der Waals surface area contributed by atoms with Crippen molar-refractivity contribution < 1.29 is 14.3 Å². The molecule has 1 heterocycles. The molecule has 1 aliphatic heterocycles. The predicted molar refractivity (Wildman–Crippen MR) is 84.2 cm³/mol. The lowest BCUT2D eigenvalue weighted by molar-refractivity contribution is -0.122. The normalized spacial score (nSPS) is 22.7. The van der Waals surface area contributed by atoms with Crippen LogP contribution >= 0.6 is 12.2 Å². The molecule has 1 aromatic rings. The number of carbonyl (C=O) groups is 1. The minimum absolute atomic E-state index is 0.160. The van der Waals surface area contributed by atoms with E-state index in [0.717, 1.165) is 12.0 Å². The summed E-state index contributed by atoms with van der Waals surface area (Å²) in [6.45, 7) is 1.50. The molecule has 6 heteroatoms. The second kappa shape index (κ2) is 6.98. The van der Waals surface area contributed by atoms with Crippen molar-refractivity contribution in [2.75, 3.05) is 26.9 Å². The summed E-state index contributed by atoms with van der Waals surface area (Å²) in [7, 11) is 1.63. The number of ether oxygens (including phenoxy) is 2. The van der Waals surface area contributed by atoms with Gasteiger partial charge in [0.05, 0.1) is 11.6 Å². The van der Waals surface area contributed by atoms with Gasteiger partial charge in [0, 0.05) is 26.7 Å². The molecule has 0 saturated carbocycles. The SMILES string of the molecule is COC1(CNC(=O)C(C(N)=S)c2ccccc2)CCOC1. The van der Waals surface area contributed by atoms with Gasteiger partial charge in [0.15, 0.2) is 0 Å². The van der Waals surface area contributed by atoms with Gasteiger partial charge < -0.3 is 20.5 Å². The Hall–Kier alpha value is -1.50. The summed E-state index contributed by atoms with van der Waals surface area (Å²) in [5, 5.41) is 2.88. The van der Waals surface area contributed by atoms with E-state index in [1.165, 1.54) is 0 Å². The number of rotatable bonds is 6. The molecule has 2 atom stereocenters. The number of nitrogens with two attached hydrogens (primary N) is 1. The van der Waals surface area contributed by atoms with Crippen molar-refractivity contribution in [1.29, 1.82) is 0 Å². The zero-order valence-corrected chi connectivity index (χ0v) is 12.8. The van der Waals surface area contributed by atoms with Crippen LogP contribution in [0.5, 0.6) is 0 Å². The third-order valence-electron chi connectivity index (χ3n) is 3.76. The van der Waals surface area contributed by atoms with Crippen LogP contribution in [0.2, 0.25) is 0 Å². The highest BCUT2D eigenvalue weighted by Gasteiger charge is 2.36. The van der Waals surface area contributed by atoms with Crippen molar-refractivity contribution in [2.24, 2.45) is 5.73 Å². The topological polar surface area (TPSA) is 73.6 Å². The second-order valence-corrected chi connectivity index (χ2v) is 5.62. The highest BCUT2D eigenvalue weighted by atomic mass is 32.1. The fraction of sp³-hybridized carbons (Fsp3) is 0.467. The zero-order valence-electron chi connectivity index (χ0n) is 12.0. The number of benzene rings is 1. The van der Waals surface area contributed by atoms with Crippen molar-refractivity contribution in [3.8, 4) is 0 Å². The minimum Gasteiger partial charge on any atom is -0.392 e. The molecule has 0 aliphatic carbocycles. The summed E-state index contributed by atoms with van der Waals surface area (Å²) in [5.74, 6) is -0.838. The minimum atomic E-state index is -0.627. The van der Waals surface area contributed by atoms with Crippen molar-refractivity contribution in [3.63, 3.8) is 0 Å². The van der Waals surface area contributed by atoms with Gasteiger partial charge in [-0.15, -0.1) is 0 Å². The van der Waals surface area contributed by atoms with Crippen LogP contribution in [-0.4, -0.2) is 43.4 Å². The van der Waals surface area contributed by atoms with Crippen molar-refractivity contribution >= 4 is 23.1 Å². The molecule has 1 fully saturated rings. The van der Waals surface area contributed by atoms with Crippen LogP contribution in [0.3, 0.4) is 0 Å². The number of hydrogen-bond acceptors (Lipinski definition) is 4. The summed E-state index contributed by atoms with van der Waals surface area (Å²) in [5.41, 5.74) is 6.07. The van der Waals surface area contributed by atoms with Gasteiger partial charge in [-0.2, -0.15) is 0 Å². The Balaban J connectivity index is 2.04. The standard InChI is InChI=1S/C15H20N2O3S/c1-19-15(7-8-20-10-15)9-17-14(18)12(13(16)21)11-5-3-2-4-6-11/h2-6,12H,7-10H2,1H3,(H2,16,21)(H,17,18). The molecule has 5 nitrogen and oxygen atoms in total. The summed E-state index contributed by atoms with van der Waals surface area (Å²) in [6.07, 6.45) is 0.757. The van der Waals surface area contributed by atoms with E-state index in [1.54, 1.807) is 7.11 Å². The zero-order chi connectivity index (χ0) is 15.3. The van der Waals surface area contributed by atoms with E-state index in [2.05, 4.69) is 5.32 Å². The van der Waals surface area contributed by atoms with Gasteiger partial charge in [0.1, 0.15) is 11.5 Å². The number of nitrogens with one attached hydrogen (secondary N) is 1. The predicted octanol–water partition coefficient (Wildman–Crippen LogP) is 0.978. The van der Waals surface area contributed by atoms with Crippen molar-refractivity contribution in [3.05, 3.63) is 35.9 Å². The van der Waals surface area contributed by atoms with E-state index >= 15 is 0 Å². The monoisotopic (exact) mass is 308 g/mol. The Labute approximate surface area is 129 Å². The van der Waals surface area contributed by atoms with Gasteiger partial charge in [-0.3, -0.25) is 4.79 Å². The first-order valence-electron chi connectivity index (χ1n) is 6.83. The second-order valence-electron chi connectivity index (χ2n) is 5.15. The Bertz CT molecular complexity index is 501. The van der Waals surface area contributed by atoms with Gasteiger partial charge in [-0.25, -0.2) is 0 Å². The summed E-state index contributed by atoms with van der Waals surface area (Å²) < 4.78 is 10.8. The molecular weight excluding hydrogens is 288 g/mol. The molecular formula is C15H20N2O3S. The number of carbonyl (C=O) groups excluding carboxylic acids is 1. The maximum atomic E-state index is 12.4. The molecule has 2 unspecified atom stereocenters. The Morgan fingerprint density at radius 3 is 2.76 bits per heavy atom. The molecule has 1 aliphatic rings. The number of amides is 1. The molecule has 114 valence electrons. The lowest BCUT2D eigenvalue weighted by atomic mass is 9.97. The van der Waals surface area contributed by atoms with E-state index in [-0.39, 0.29) is 10.9 Å². The molecule has 2 rings (SSSR count). The van der Waals surface area contributed by atoms with E-state index in [0.29, 0.717) is 19.8 Å². The third kappa shape index (κ3) is 3.78. The molecule has 1 aromatic carbocycles. The lowest BCUT2D eigenvalue weighted by Gasteiger charge is -2.27. The van der Waals surface area contributed by atoms with Gasteiger partial charge in [0.25, 0.3) is 0 Å². The van der Waals surface area contributed by atoms with Crippen LogP contribution in [0.1, 0.15) is 17.9 Å². The van der Waals surface area contributed by atoms with Crippen LogP contribution in [0.4, 0.5) is 0 Å². The van der Waals surface area contributed by atoms with Crippen LogP contribution in [0.25, 0.3) is 0 Å². The summed E-state index contributed by atoms with van der Waals surface area (Å²) >= 11 is 5.04. The third-order valence-corrected chi connectivity index (χ3v) is 4.00. The van der Waals surface area contributed by atoms with Gasteiger partial charge >= 0.3 is 0 Å². The van der Waals surface area contributed by atoms with E-state index in [9.17, 15) is 4.79 Å². The smallest absolute Gasteiger partial charge is 0.234 e. The van der Waals surface area contributed by atoms with Crippen molar-refractivity contribution in [2.45, 2.75) is 17.9 Å². The molecule has 1 amide bonds. The number of methoxy groups -OCH3 is 1. The van der Waals surface area contributed by atoms with Crippen LogP contribution in [-0.2, 0) is 14.3 Å². The lowest BCUT2D eigenvalue weighted by Crippen LogP contribution is -2.47. The first-order valence-corrected chi connectivity index (χ1v) is 7.24. The average Bonchev–Trinajstić information content (AvgIpc) is 2.95. The molecule has 3 N–H and O–H groups in total. The van der Waals surface area contributed by atoms with Crippen LogP contribution in [0.15, 0.2) is 30.3 Å². The molecule has 1 saturated heterocycles. The Morgan fingerprint density at radius 2 is 2.24 bits per heavy atom. The fourth-order valence-corrected chi connectivity index (χ4v) is 2.64. The highest BCUT2D eigenvalue weighted by molar-refractivity contribution is 7.80. The first-order chi connectivity index (χ1) is 10.1. The van der Waals surface area contributed by atoms with Crippen LogP contribution in [0, 0.1) is 0 Å². The summed E-state index contributed by atoms with van der Waals surface area (Å²) in [4.78, 5) is 12.6. The Morgan fingerprint density at radius 1 is 1.52 bits per heavy atom. The highest BCUT2D eigenvalue weighted by Crippen LogP contribution is 2.22. The van der Waals surface area contributed by atoms with Gasteiger partial charge in [-0.05, 0) is 5.56 Å². The quantitative estimate of drug-likeness (QED) is 0.766. The number of hydrogen-bond donors (Lipinski definition) is 2. The molecule has 0 aromatic heterocycles. The van der Waals surface area contributed by atoms with E-state index < -0.39 is 11.5 Å².